The highest BCUT2D eigenvalue weighted by atomic mass is 32.1. The molecule has 2 heterocycles. The first-order valence-electron chi connectivity index (χ1n) is 12.1. The van der Waals surface area contributed by atoms with E-state index in [9.17, 15) is 9.59 Å². The van der Waals surface area contributed by atoms with Crippen LogP contribution in [0.25, 0.3) is 0 Å². The molecular formula is C26H35N3O3S. The number of nitrogens with one attached hydrogen (secondary N) is 2. The lowest BCUT2D eigenvalue weighted by molar-refractivity contribution is -0.117. The highest BCUT2D eigenvalue weighted by molar-refractivity contribution is 7.17. The number of piperidine rings is 1. The van der Waals surface area contributed by atoms with Crippen molar-refractivity contribution in [2.24, 2.45) is 11.8 Å². The molecule has 1 unspecified atom stereocenters. The molecule has 33 heavy (non-hydrogen) atoms. The Kier molecular flexibility index (Phi) is 7.71. The maximum Gasteiger partial charge on any atom is 0.258 e. The van der Waals surface area contributed by atoms with Crippen molar-refractivity contribution in [3.05, 3.63) is 40.3 Å². The minimum atomic E-state index is -0.159. The second-order valence-corrected chi connectivity index (χ2v) is 10.6. The van der Waals surface area contributed by atoms with Gasteiger partial charge in [0.1, 0.15) is 10.8 Å². The van der Waals surface area contributed by atoms with E-state index in [0.29, 0.717) is 35.3 Å². The zero-order valence-corrected chi connectivity index (χ0v) is 20.7. The number of hydrogen-bond acceptors (Lipinski definition) is 5. The summed E-state index contributed by atoms with van der Waals surface area (Å²) < 4.78 is 5.49. The van der Waals surface area contributed by atoms with Crippen molar-refractivity contribution < 1.29 is 14.3 Å². The standard InChI is InChI=1S/C26H35N3O3S/c1-4-32-20-8-6-19(7-9-20)27-25(31)24-21-10-5-18(3)15-22(21)33-26(24)28-23(30)16-29-13-11-17(2)12-14-29/h6-9,17-18H,4-5,10-16H2,1-3H3,(H,27,31)(H,28,30). The Morgan fingerprint density at radius 1 is 1.06 bits per heavy atom. The van der Waals surface area contributed by atoms with E-state index < -0.39 is 0 Å². The zero-order chi connectivity index (χ0) is 23.4. The van der Waals surface area contributed by atoms with Crippen LogP contribution in [0.1, 0.15) is 60.8 Å². The maximum atomic E-state index is 13.4. The van der Waals surface area contributed by atoms with E-state index in [4.69, 9.17) is 4.74 Å². The molecule has 1 saturated heterocycles. The van der Waals surface area contributed by atoms with E-state index >= 15 is 0 Å². The summed E-state index contributed by atoms with van der Waals surface area (Å²) in [6.45, 7) is 9.35. The first-order valence-corrected chi connectivity index (χ1v) is 13.0. The largest absolute Gasteiger partial charge is 0.494 e. The number of benzene rings is 1. The summed E-state index contributed by atoms with van der Waals surface area (Å²) in [7, 11) is 0. The number of amides is 2. The minimum absolute atomic E-state index is 0.0358. The molecule has 0 radical (unpaired) electrons. The molecule has 1 aromatic carbocycles. The number of hydrogen-bond donors (Lipinski definition) is 2. The van der Waals surface area contributed by atoms with Crippen LogP contribution in [0.2, 0.25) is 0 Å². The van der Waals surface area contributed by atoms with Crippen LogP contribution in [-0.2, 0) is 17.6 Å². The fourth-order valence-electron chi connectivity index (χ4n) is 4.66. The Morgan fingerprint density at radius 2 is 1.79 bits per heavy atom. The molecule has 1 aliphatic heterocycles. The van der Waals surface area contributed by atoms with Crippen LogP contribution in [0, 0.1) is 11.8 Å². The predicted octanol–water partition coefficient (Wildman–Crippen LogP) is 5.19. The van der Waals surface area contributed by atoms with Crippen molar-refractivity contribution in [1.29, 1.82) is 0 Å². The van der Waals surface area contributed by atoms with Crippen LogP contribution in [0.3, 0.4) is 0 Å². The number of likely N-dealkylation sites (tertiary alicyclic amines) is 1. The number of anilines is 2. The van der Waals surface area contributed by atoms with Gasteiger partial charge in [0.2, 0.25) is 5.91 Å². The molecule has 1 aliphatic carbocycles. The molecule has 2 amide bonds. The van der Waals surface area contributed by atoms with Crippen LogP contribution in [0.15, 0.2) is 24.3 Å². The third-order valence-electron chi connectivity index (χ3n) is 6.66. The molecule has 4 rings (SSSR count). The van der Waals surface area contributed by atoms with Gasteiger partial charge in [-0.2, -0.15) is 0 Å². The van der Waals surface area contributed by atoms with Crippen molar-refractivity contribution in [1.82, 2.24) is 4.90 Å². The fourth-order valence-corrected chi connectivity index (χ4v) is 6.09. The van der Waals surface area contributed by atoms with E-state index in [0.717, 1.165) is 62.4 Å². The van der Waals surface area contributed by atoms with Gasteiger partial charge in [0.25, 0.3) is 5.91 Å². The number of nitrogens with zero attached hydrogens (tertiary/aromatic N) is 1. The van der Waals surface area contributed by atoms with Crippen molar-refractivity contribution in [3.63, 3.8) is 0 Å². The number of carbonyl (C=O) groups excluding carboxylic acids is 2. The van der Waals surface area contributed by atoms with Gasteiger partial charge >= 0.3 is 0 Å². The highest BCUT2D eigenvalue weighted by Gasteiger charge is 2.29. The normalized spacial score (nSPS) is 19.1. The maximum absolute atomic E-state index is 13.4. The van der Waals surface area contributed by atoms with E-state index in [1.165, 1.54) is 4.88 Å². The first-order chi connectivity index (χ1) is 15.9. The Balaban J connectivity index is 1.50. The lowest BCUT2D eigenvalue weighted by atomic mass is 9.88. The Morgan fingerprint density at radius 3 is 2.48 bits per heavy atom. The van der Waals surface area contributed by atoms with E-state index in [-0.39, 0.29) is 11.8 Å². The average Bonchev–Trinajstić information content (AvgIpc) is 3.13. The van der Waals surface area contributed by atoms with E-state index in [2.05, 4.69) is 29.4 Å². The Bertz CT molecular complexity index is 977. The summed E-state index contributed by atoms with van der Waals surface area (Å²) >= 11 is 1.57. The molecule has 2 aliphatic rings. The Labute approximate surface area is 200 Å². The molecule has 0 spiro atoms. The van der Waals surface area contributed by atoms with Crippen LogP contribution in [0.4, 0.5) is 10.7 Å². The molecule has 0 saturated carbocycles. The lowest BCUT2D eigenvalue weighted by Gasteiger charge is -2.29. The number of fused-ring (bicyclic) bond motifs is 1. The van der Waals surface area contributed by atoms with Gasteiger partial charge in [-0.05, 0) is 93.8 Å². The summed E-state index contributed by atoms with van der Waals surface area (Å²) in [5.74, 6) is 1.90. The summed E-state index contributed by atoms with van der Waals surface area (Å²) in [6, 6.07) is 7.40. The second kappa shape index (κ2) is 10.7. The SMILES string of the molecule is CCOc1ccc(NC(=O)c2c(NC(=O)CN3CCC(C)CC3)sc3c2CCC(C)C3)cc1. The highest BCUT2D eigenvalue weighted by Crippen LogP contribution is 2.40. The number of carbonyl (C=O) groups is 2. The van der Waals surface area contributed by atoms with E-state index in [1.54, 1.807) is 11.3 Å². The number of rotatable bonds is 7. The van der Waals surface area contributed by atoms with Gasteiger partial charge in [0.05, 0.1) is 18.7 Å². The molecule has 1 fully saturated rings. The van der Waals surface area contributed by atoms with Crippen molar-refractivity contribution in [2.75, 3.05) is 36.9 Å². The molecular weight excluding hydrogens is 434 g/mol. The Hall–Kier alpha value is -2.38. The van der Waals surface area contributed by atoms with Gasteiger partial charge in [-0.15, -0.1) is 11.3 Å². The van der Waals surface area contributed by atoms with Crippen LogP contribution >= 0.6 is 11.3 Å². The molecule has 178 valence electrons. The van der Waals surface area contributed by atoms with Crippen LogP contribution < -0.4 is 15.4 Å². The van der Waals surface area contributed by atoms with Gasteiger partial charge in [-0.1, -0.05) is 13.8 Å². The molecule has 2 N–H and O–H groups in total. The van der Waals surface area contributed by atoms with Crippen LogP contribution in [-0.4, -0.2) is 43.0 Å². The molecule has 1 atom stereocenters. The first kappa shape index (κ1) is 23.8. The van der Waals surface area contributed by atoms with Gasteiger partial charge in [0.15, 0.2) is 0 Å². The van der Waals surface area contributed by atoms with Crippen molar-refractivity contribution >= 4 is 33.8 Å². The molecule has 6 nitrogen and oxygen atoms in total. The van der Waals surface area contributed by atoms with Crippen LogP contribution in [0.5, 0.6) is 5.75 Å². The number of ether oxygens (including phenoxy) is 1. The summed E-state index contributed by atoms with van der Waals surface area (Å²) in [6.07, 6.45) is 5.16. The third-order valence-corrected chi connectivity index (χ3v) is 7.83. The van der Waals surface area contributed by atoms with Crippen molar-refractivity contribution in [2.45, 2.75) is 52.9 Å². The van der Waals surface area contributed by atoms with Gasteiger partial charge in [-0.25, -0.2) is 0 Å². The van der Waals surface area contributed by atoms with Gasteiger partial charge in [0, 0.05) is 10.6 Å². The number of thiophene rings is 1. The molecule has 1 aromatic heterocycles. The molecule has 7 heteroatoms. The zero-order valence-electron chi connectivity index (χ0n) is 19.9. The van der Waals surface area contributed by atoms with Gasteiger partial charge < -0.3 is 15.4 Å². The van der Waals surface area contributed by atoms with Crippen molar-refractivity contribution in [3.8, 4) is 5.75 Å². The average molecular weight is 470 g/mol. The molecule has 0 bridgehead atoms. The fraction of sp³-hybridized carbons (Fsp3) is 0.538. The third kappa shape index (κ3) is 5.95. The summed E-state index contributed by atoms with van der Waals surface area (Å²) in [4.78, 5) is 29.7. The quantitative estimate of drug-likeness (QED) is 0.585. The van der Waals surface area contributed by atoms with E-state index in [1.807, 2.05) is 31.2 Å². The smallest absolute Gasteiger partial charge is 0.258 e. The topological polar surface area (TPSA) is 70.7 Å². The summed E-state index contributed by atoms with van der Waals surface area (Å²) in [5.41, 5.74) is 2.45. The predicted molar refractivity (Wildman–Crippen MR) is 135 cm³/mol. The lowest BCUT2D eigenvalue weighted by Crippen LogP contribution is -2.38. The second-order valence-electron chi connectivity index (χ2n) is 9.47. The molecule has 2 aromatic rings. The minimum Gasteiger partial charge on any atom is -0.494 e. The summed E-state index contributed by atoms with van der Waals surface area (Å²) in [5, 5.41) is 6.80. The monoisotopic (exact) mass is 469 g/mol. The van der Waals surface area contributed by atoms with Gasteiger partial charge in [-0.3, -0.25) is 14.5 Å².